The van der Waals surface area contributed by atoms with Crippen LogP contribution in [-0.2, 0) is 6.54 Å². The molecule has 0 radical (unpaired) electrons. The zero-order chi connectivity index (χ0) is 19.1. The van der Waals surface area contributed by atoms with Crippen molar-refractivity contribution in [1.29, 1.82) is 0 Å². The molecule has 4 heterocycles. The molecule has 1 aliphatic heterocycles. The fourth-order valence-electron chi connectivity index (χ4n) is 4.31. The molecule has 0 N–H and O–H groups in total. The molecular weight excluding hydrogens is 370 g/mol. The van der Waals surface area contributed by atoms with Gasteiger partial charge in [0.1, 0.15) is 11.3 Å². The van der Waals surface area contributed by atoms with Crippen molar-refractivity contribution in [2.24, 2.45) is 11.8 Å². The maximum Gasteiger partial charge on any atom is 0.281 e. The number of likely N-dealkylation sites (tertiary alicyclic amines) is 1. The smallest absolute Gasteiger partial charge is 0.281 e. The van der Waals surface area contributed by atoms with Crippen molar-refractivity contribution < 1.29 is 9.15 Å². The first-order valence-corrected chi connectivity index (χ1v) is 10.6. The summed E-state index contributed by atoms with van der Waals surface area (Å²) in [6.45, 7) is 7.94. The second-order valence-corrected chi connectivity index (χ2v) is 8.96. The molecule has 5 rings (SSSR count). The Morgan fingerprint density at radius 1 is 1.21 bits per heavy atom. The standard InChI is InChI=1S/C22H23N3O2S/c1-14-8-15(2)11-25(10-14)12-16-13-26-19-9-17(5-6-18(16)19)27-22-24-21-20(28-22)4-3-7-23-21/h3-7,9,13-15H,8,10-12H2,1-2H3. The molecule has 1 fully saturated rings. The number of ether oxygens (including phenoxy) is 1. The zero-order valence-corrected chi connectivity index (χ0v) is 16.9. The fourth-order valence-corrected chi connectivity index (χ4v) is 5.10. The van der Waals surface area contributed by atoms with Crippen molar-refractivity contribution >= 4 is 32.7 Å². The summed E-state index contributed by atoms with van der Waals surface area (Å²) in [5.41, 5.74) is 2.81. The summed E-state index contributed by atoms with van der Waals surface area (Å²) >= 11 is 1.49. The van der Waals surface area contributed by atoms with Gasteiger partial charge in [0.15, 0.2) is 5.65 Å². The molecule has 28 heavy (non-hydrogen) atoms. The Bertz CT molecular complexity index is 1080. The third-order valence-corrected chi connectivity index (χ3v) is 6.20. The predicted molar refractivity (Wildman–Crippen MR) is 112 cm³/mol. The third kappa shape index (κ3) is 3.50. The number of pyridine rings is 1. The van der Waals surface area contributed by atoms with Crippen LogP contribution in [0.4, 0.5) is 0 Å². The first-order valence-electron chi connectivity index (χ1n) is 9.76. The Morgan fingerprint density at radius 2 is 2.07 bits per heavy atom. The van der Waals surface area contributed by atoms with E-state index in [2.05, 4.69) is 34.8 Å². The Hall–Kier alpha value is -2.44. The minimum absolute atomic E-state index is 0.594. The molecule has 1 aliphatic rings. The number of benzene rings is 1. The molecule has 1 saturated heterocycles. The SMILES string of the molecule is CC1CC(C)CN(Cc2coc3cc(Oc4nc5ncccc5s4)ccc23)C1. The van der Waals surface area contributed by atoms with Gasteiger partial charge < -0.3 is 9.15 Å². The van der Waals surface area contributed by atoms with Gasteiger partial charge in [-0.1, -0.05) is 25.2 Å². The van der Waals surface area contributed by atoms with Gasteiger partial charge in [-0.2, -0.15) is 4.98 Å². The average Bonchev–Trinajstić information content (AvgIpc) is 3.24. The molecule has 4 aromatic rings. The van der Waals surface area contributed by atoms with Gasteiger partial charge >= 0.3 is 0 Å². The maximum absolute atomic E-state index is 5.96. The highest BCUT2D eigenvalue weighted by Crippen LogP contribution is 2.33. The van der Waals surface area contributed by atoms with Crippen LogP contribution >= 0.6 is 11.3 Å². The molecule has 0 aliphatic carbocycles. The van der Waals surface area contributed by atoms with Crippen LogP contribution in [-0.4, -0.2) is 28.0 Å². The highest BCUT2D eigenvalue weighted by atomic mass is 32.1. The summed E-state index contributed by atoms with van der Waals surface area (Å²) in [7, 11) is 0. The normalized spacial score (nSPS) is 20.8. The number of rotatable bonds is 4. The topological polar surface area (TPSA) is 51.4 Å². The van der Waals surface area contributed by atoms with Gasteiger partial charge in [-0.05, 0) is 42.5 Å². The summed E-state index contributed by atoms with van der Waals surface area (Å²) in [6.07, 6.45) is 4.96. The summed E-state index contributed by atoms with van der Waals surface area (Å²) in [6, 6.07) is 9.93. The van der Waals surface area contributed by atoms with Crippen LogP contribution in [0.3, 0.4) is 0 Å². The number of nitrogens with zero attached hydrogens (tertiary/aromatic N) is 3. The van der Waals surface area contributed by atoms with Gasteiger partial charge in [-0.25, -0.2) is 4.98 Å². The van der Waals surface area contributed by atoms with Crippen molar-refractivity contribution in [2.75, 3.05) is 13.1 Å². The molecule has 0 saturated carbocycles. The van der Waals surface area contributed by atoms with E-state index >= 15 is 0 Å². The molecule has 0 spiro atoms. The Morgan fingerprint density at radius 3 is 2.89 bits per heavy atom. The van der Waals surface area contributed by atoms with E-state index in [0.717, 1.165) is 52.9 Å². The molecule has 0 bridgehead atoms. The van der Waals surface area contributed by atoms with Crippen LogP contribution in [0.1, 0.15) is 25.8 Å². The Kier molecular flexibility index (Phi) is 4.53. The van der Waals surface area contributed by atoms with E-state index in [1.54, 1.807) is 6.20 Å². The molecule has 1 aromatic carbocycles. The number of aromatic nitrogens is 2. The molecule has 0 amide bonds. The van der Waals surface area contributed by atoms with Gasteiger partial charge in [0.2, 0.25) is 0 Å². The van der Waals surface area contributed by atoms with E-state index in [9.17, 15) is 0 Å². The molecule has 2 unspecified atom stereocenters. The number of fused-ring (bicyclic) bond motifs is 2. The van der Waals surface area contributed by atoms with E-state index in [0.29, 0.717) is 10.8 Å². The Labute approximate surface area is 168 Å². The quantitative estimate of drug-likeness (QED) is 0.445. The van der Waals surface area contributed by atoms with Crippen LogP contribution in [0.15, 0.2) is 47.2 Å². The van der Waals surface area contributed by atoms with Crippen LogP contribution < -0.4 is 4.74 Å². The maximum atomic E-state index is 5.96. The van der Waals surface area contributed by atoms with Crippen LogP contribution in [0, 0.1) is 11.8 Å². The number of hydrogen-bond donors (Lipinski definition) is 0. The molecule has 5 nitrogen and oxygen atoms in total. The van der Waals surface area contributed by atoms with Crippen molar-refractivity contribution in [2.45, 2.75) is 26.8 Å². The lowest BCUT2D eigenvalue weighted by molar-refractivity contribution is 0.134. The molecule has 2 atom stereocenters. The van der Waals surface area contributed by atoms with E-state index < -0.39 is 0 Å². The number of piperidine rings is 1. The van der Waals surface area contributed by atoms with Gasteiger partial charge in [0.05, 0.1) is 11.0 Å². The second kappa shape index (κ2) is 7.18. The molecule has 144 valence electrons. The highest BCUT2D eigenvalue weighted by molar-refractivity contribution is 7.20. The Balaban J connectivity index is 1.35. The summed E-state index contributed by atoms with van der Waals surface area (Å²) < 4.78 is 12.8. The lowest BCUT2D eigenvalue weighted by atomic mass is 9.91. The van der Waals surface area contributed by atoms with Gasteiger partial charge in [-0.15, -0.1) is 0 Å². The van der Waals surface area contributed by atoms with Crippen LogP contribution in [0.25, 0.3) is 21.3 Å². The van der Waals surface area contributed by atoms with Crippen LogP contribution in [0.2, 0.25) is 0 Å². The van der Waals surface area contributed by atoms with Gasteiger partial charge in [0, 0.05) is 42.8 Å². The second-order valence-electron chi connectivity index (χ2n) is 7.97. The number of hydrogen-bond acceptors (Lipinski definition) is 6. The fraction of sp³-hybridized carbons (Fsp3) is 0.364. The van der Waals surface area contributed by atoms with Gasteiger partial charge in [-0.3, -0.25) is 4.90 Å². The highest BCUT2D eigenvalue weighted by Gasteiger charge is 2.22. The minimum Gasteiger partial charge on any atom is -0.464 e. The van der Waals surface area contributed by atoms with Crippen molar-refractivity contribution in [3.63, 3.8) is 0 Å². The monoisotopic (exact) mass is 393 g/mol. The van der Waals surface area contributed by atoms with E-state index in [-0.39, 0.29) is 0 Å². The van der Waals surface area contributed by atoms with Crippen molar-refractivity contribution in [3.05, 3.63) is 48.4 Å². The zero-order valence-electron chi connectivity index (χ0n) is 16.1. The summed E-state index contributed by atoms with van der Waals surface area (Å²) in [5.74, 6) is 2.24. The average molecular weight is 394 g/mol. The third-order valence-electron chi connectivity index (χ3n) is 5.32. The first kappa shape index (κ1) is 17.6. The largest absolute Gasteiger partial charge is 0.464 e. The predicted octanol–water partition coefficient (Wildman–Crippen LogP) is 5.71. The summed E-state index contributed by atoms with van der Waals surface area (Å²) in [4.78, 5) is 11.2. The van der Waals surface area contributed by atoms with Crippen LogP contribution in [0.5, 0.6) is 10.9 Å². The van der Waals surface area contributed by atoms with Crippen molar-refractivity contribution in [1.82, 2.24) is 14.9 Å². The lowest BCUT2D eigenvalue weighted by Crippen LogP contribution is -2.38. The lowest BCUT2D eigenvalue weighted by Gasteiger charge is -2.34. The minimum atomic E-state index is 0.594. The number of thiazole rings is 1. The van der Waals surface area contributed by atoms with E-state index in [4.69, 9.17) is 9.15 Å². The van der Waals surface area contributed by atoms with Crippen molar-refractivity contribution in [3.8, 4) is 10.9 Å². The van der Waals surface area contributed by atoms with E-state index in [1.165, 1.54) is 23.3 Å². The molecule has 6 heteroatoms. The number of furan rings is 1. The summed E-state index contributed by atoms with van der Waals surface area (Å²) in [5, 5.41) is 1.75. The molecular formula is C22H23N3O2S. The van der Waals surface area contributed by atoms with E-state index in [1.807, 2.05) is 30.5 Å². The molecule has 3 aromatic heterocycles. The van der Waals surface area contributed by atoms with Gasteiger partial charge in [0.25, 0.3) is 5.19 Å². The first-order chi connectivity index (χ1) is 13.6.